The zero-order valence-electron chi connectivity index (χ0n) is 7.71. The predicted molar refractivity (Wildman–Crippen MR) is 48.1 cm³/mol. The van der Waals surface area contributed by atoms with Gasteiger partial charge in [-0.3, -0.25) is 4.79 Å². The second-order valence-corrected chi connectivity index (χ2v) is 3.96. The fraction of sp³-hybridized carbons (Fsp3) is 0.889. The summed E-state index contributed by atoms with van der Waals surface area (Å²) < 4.78 is 5.27. The maximum absolute atomic E-state index is 11.3. The Labute approximate surface area is 77.8 Å². The predicted octanol–water partition coefficient (Wildman–Crippen LogP) is -0.227. The van der Waals surface area contributed by atoms with E-state index in [0.717, 1.165) is 19.3 Å². The van der Waals surface area contributed by atoms with Crippen molar-refractivity contribution in [2.75, 3.05) is 13.2 Å². The first-order valence-electron chi connectivity index (χ1n) is 4.87. The van der Waals surface area contributed by atoms with Gasteiger partial charge in [-0.2, -0.15) is 0 Å². The molecular weight excluding hydrogens is 168 g/mol. The van der Waals surface area contributed by atoms with Crippen molar-refractivity contribution in [1.29, 1.82) is 0 Å². The van der Waals surface area contributed by atoms with E-state index in [1.54, 1.807) is 0 Å². The van der Waals surface area contributed by atoms with E-state index in [9.17, 15) is 4.79 Å². The number of nitrogens with two attached hydrogens (primary N) is 1. The number of rotatable bonds is 0. The first-order valence-corrected chi connectivity index (χ1v) is 4.87. The molecule has 1 spiro atoms. The normalized spacial score (nSPS) is 33.0. The van der Waals surface area contributed by atoms with Crippen LogP contribution in [-0.2, 0) is 9.53 Å². The quantitative estimate of drug-likeness (QED) is 0.546. The molecule has 1 atom stereocenters. The van der Waals surface area contributed by atoms with Crippen LogP contribution >= 0.6 is 0 Å². The second-order valence-electron chi connectivity index (χ2n) is 3.96. The molecule has 1 amide bonds. The lowest BCUT2D eigenvalue weighted by atomic mass is 9.78. The van der Waals surface area contributed by atoms with Gasteiger partial charge in [0.25, 0.3) is 0 Å². The third-order valence-corrected chi connectivity index (χ3v) is 3.17. The zero-order valence-corrected chi connectivity index (χ0v) is 7.71. The van der Waals surface area contributed by atoms with E-state index < -0.39 is 0 Å². The van der Waals surface area contributed by atoms with Gasteiger partial charge in [-0.1, -0.05) is 0 Å². The fourth-order valence-corrected chi connectivity index (χ4v) is 2.23. The van der Waals surface area contributed by atoms with Crippen LogP contribution in [0.3, 0.4) is 0 Å². The highest BCUT2D eigenvalue weighted by molar-refractivity contribution is 5.78. The van der Waals surface area contributed by atoms with Crippen molar-refractivity contribution in [1.82, 2.24) is 5.32 Å². The molecule has 2 aliphatic rings. The molecule has 2 aliphatic heterocycles. The molecule has 4 heteroatoms. The molecule has 74 valence electrons. The molecule has 0 bridgehead atoms. The minimum atomic E-state index is -0.159. The molecule has 2 rings (SSSR count). The summed E-state index contributed by atoms with van der Waals surface area (Å²) >= 11 is 0. The van der Waals surface area contributed by atoms with Crippen molar-refractivity contribution >= 4 is 5.91 Å². The summed E-state index contributed by atoms with van der Waals surface area (Å²) in [5.41, 5.74) is 5.88. The summed E-state index contributed by atoms with van der Waals surface area (Å²) in [4.78, 5) is 11.3. The maximum Gasteiger partial charge on any atom is 0.220 e. The third kappa shape index (κ3) is 1.56. The maximum atomic E-state index is 11.3. The number of piperidine rings is 1. The van der Waals surface area contributed by atoms with Gasteiger partial charge in [0, 0.05) is 25.7 Å². The van der Waals surface area contributed by atoms with Gasteiger partial charge in [0.1, 0.15) is 0 Å². The van der Waals surface area contributed by atoms with Crippen LogP contribution in [-0.4, -0.2) is 30.7 Å². The van der Waals surface area contributed by atoms with Crippen LogP contribution in [0.15, 0.2) is 0 Å². The first-order chi connectivity index (χ1) is 6.23. The minimum Gasteiger partial charge on any atom is -0.381 e. The van der Waals surface area contributed by atoms with Gasteiger partial charge >= 0.3 is 0 Å². The van der Waals surface area contributed by atoms with E-state index in [4.69, 9.17) is 10.5 Å². The summed E-state index contributed by atoms with van der Waals surface area (Å²) in [6, 6.07) is 0.106. The number of carbonyl (C=O) groups is 1. The van der Waals surface area contributed by atoms with E-state index >= 15 is 0 Å². The lowest BCUT2D eigenvalue weighted by molar-refractivity contribution is -0.127. The Kier molecular flexibility index (Phi) is 2.26. The van der Waals surface area contributed by atoms with Crippen molar-refractivity contribution in [3.05, 3.63) is 0 Å². The molecule has 0 aromatic heterocycles. The molecule has 3 N–H and O–H groups in total. The topological polar surface area (TPSA) is 64.4 Å². The van der Waals surface area contributed by atoms with Crippen LogP contribution in [0.2, 0.25) is 0 Å². The van der Waals surface area contributed by atoms with Gasteiger partial charge in [-0.25, -0.2) is 0 Å². The average molecular weight is 184 g/mol. The van der Waals surface area contributed by atoms with Crippen molar-refractivity contribution in [3.63, 3.8) is 0 Å². The van der Waals surface area contributed by atoms with Gasteiger partial charge in [-0.15, -0.1) is 0 Å². The van der Waals surface area contributed by atoms with Gasteiger partial charge in [0.05, 0.1) is 5.54 Å². The number of ether oxygens (including phenoxy) is 1. The smallest absolute Gasteiger partial charge is 0.220 e. The first kappa shape index (κ1) is 8.97. The van der Waals surface area contributed by atoms with Crippen molar-refractivity contribution in [2.45, 2.75) is 37.3 Å². The highest BCUT2D eigenvalue weighted by Gasteiger charge is 2.42. The number of nitrogens with one attached hydrogen (secondary N) is 1. The molecule has 0 saturated carbocycles. The highest BCUT2D eigenvalue weighted by atomic mass is 16.5. The molecule has 13 heavy (non-hydrogen) atoms. The van der Waals surface area contributed by atoms with Crippen LogP contribution in [0.4, 0.5) is 0 Å². The van der Waals surface area contributed by atoms with E-state index in [1.807, 2.05) is 0 Å². The van der Waals surface area contributed by atoms with Crippen LogP contribution < -0.4 is 11.1 Å². The Morgan fingerprint density at radius 2 is 2.15 bits per heavy atom. The molecule has 4 nitrogen and oxygen atoms in total. The summed E-state index contributed by atoms with van der Waals surface area (Å²) in [5.74, 6) is 0.142. The molecule has 0 aliphatic carbocycles. The molecule has 2 fully saturated rings. The van der Waals surface area contributed by atoms with E-state index in [-0.39, 0.29) is 17.5 Å². The molecule has 0 unspecified atom stereocenters. The van der Waals surface area contributed by atoms with Gasteiger partial charge in [-0.05, 0) is 19.3 Å². The average Bonchev–Trinajstić information content (AvgIpc) is 2.14. The number of carbonyl (C=O) groups excluding carboxylic acids is 1. The van der Waals surface area contributed by atoms with Crippen LogP contribution in [0, 0.1) is 0 Å². The van der Waals surface area contributed by atoms with Gasteiger partial charge in [0.15, 0.2) is 0 Å². The molecule has 2 heterocycles. The number of amides is 1. The van der Waals surface area contributed by atoms with Crippen LogP contribution in [0.25, 0.3) is 0 Å². The SMILES string of the molecule is N[C@@H]1CCC(=O)NC12CCOCC2. The molecule has 0 radical (unpaired) electrons. The number of hydrogen-bond donors (Lipinski definition) is 2. The van der Waals surface area contributed by atoms with E-state index in [0.29, 0.717) is 19.6 Å². The van der Waals surface area contributed by atoms with Crippen LogP contribution in [0.5, 0.6) is 0 Å². The Morgan fingerprint density at radius 3 is 2.85 bits per heavy atom. The number of hydrogen-bond acceptors (Lipinski definition) is 3. The Morgan fingerprint density at radius 1 is 1.46 bits per heavy atom. The molecule has 2 saturated heterocycles. The standard InChI is InChI=1S/C9H16N2O2/c10-7-1-2-8(12)11-9(7)3-5-13-6-4-9/h7H,1-6,10H2,(H,11,12)/t7-/m1/s1. The van der Waals surface area contributed by atoms with Gasteiger partial charge in [0.2, 0.25) is 5.91 Å². The van der Waals surface area contributed by atoms with Crippen molar-refractivity contribution in [3.8, 4) is 0 Å². The monoisotopic (exact) mass is 184 g/mol. The molecule has 0 aromatic rings. The minimum absolute atomic E-state index is 0.106. The summed E-state index contributed by atoms with van der Waals surface area (Å²) in [6.07, 6.45) is 3.11. The highest BCUT2D eigenvalue weighted by Crippen LogP contribution is 2.28. The van der Waals surface area contributed by atoms with Crippen molar-refractivity contribution in [2.24, 2.45) is 5.73 Å². The lowest BCUT2D eigenvalue weighted by Crippen LogP contribution is -2.65. The lowest BCUT2D eigenvalue weighted by Gasteiger charge is -2.45. The summed E-state index contributed by atoms with van der Waals surface area (Å²) in [5, 5.41) is 3.04. The fourth-order valence-electron chi connectivity index (χ4n) is 2.23. The Hall–Kier alpha value is -0.610. The Balaban J connectivity index is 2.11. The van der Waals surface area contributed by atoms with E-state index in [2.05, 4.69) is 5.32 Å². The largest absolute Gasteiger partial charge is 0.381 e. The summed E-state index contributed by atoms with van der Waals surface area (Å²) in [7, 11) is 0. The zero-order chi connectivity index (χ0) is 9.31. The Bertz CT molecular complexity index is 212. The van der Waals surface area contributed by atoms with Gasteiger partial charge < -0.3 is 15.8 Å². The third-order valence-electron chi connectivity index (χ3n) is 3.17. The van der Waals surface area contributed by atoms with E-state index in [1.165, 1.54) is 0 Å². The second kappa shape index (κ2) is 3.27. The molecular formula is C9H16N2O2. The van der Waals surface area contributed by atoms with Crippen molar-refractivity contribution < 1.29 is 9.53 Å². The summed E-state index contributed by atoms with van der Waals surface area (Å²) in [6.45, 7) is 1.43. The van der Waals surface area contributed by atoms with Crippen LogP contribution in [0.1, 0.15) is 25.7 Å². The molecule has 0 aromatic carbocycles.